The van der Waals surface area contributed by atoms with Crippen molar-refractivity contribution in [3.8, 4) is 0 Å². The van der Waals surface area contributed by atoms with Crippen molar-refractivity contribution in [3.63, 3.8) is 0 Å². The first-order valence-corrected chi connectivity index (χ1v) is 7.85. The molecule has 1 aromatic rings. The van der Waals surface area contributed by atoms with Crippen molar-refractivity contribution in [2.45, 2.75) is 17.6 Å². The molecule has 1 heterocycles. The van der Waals surface area contributed by atoms with Crippen LogP contribution in [0.2, 0.25) is 0 Å². The van der Waals surface area contributed by atoms with E-state index in [1.165, 1.54) is 11.4 Å². The number of carbonyl (C=O) groups excluding carboxylic acids is 1. The van der Waals surface area contributed by atoms with Gasteiger partial charge in [0.15, 0.2) is 0 Å². The summed E-state index contributed by atoms with van der Waals surface area (Å²) in [6.07, 6.45) is 0.714. The number of hydrogen-bond acceptors (Lipinski definition) is 5. The second-order valence-electron chi connectivity index (χ2n) is 3.51. The molecular formula is C10H16N2O4S2. The molecule has 1 aromatic heterocycles. The van der Waals surface area contributed by atoms with Gasteiger partial charge in [0, 0.05) is 25.1 Å². The minimum absolute atomic E-state index is 0.0121. The lowest BCUT2D eigenvalue weighted by Crippen LogP contribution is -2.24. The molecule has 0 radical (unpaired) electrons. The highest BCUT2D eigenvalue weighted by atomic mass is 32.2. The molecule has 3 N–H and O–H groups in total. The van der Waals surface area contributed by atoms with Crippen LogP contribution in [0.4, 0.5) is 0 Å². The minimum atomic E-state index is -3.73. The number of primary sulfonamides is 1. The zero-order valence-corrected chi connectivity index (χ0v) is 11.6. The second-order valence-corrected chi connectivity index (χ2v) is 6.21. The molecular weight excluding hydrogens is 276 g/mol. The van der Waals surface area contributed by atoms with Crippen LogP contribution in [0.5, 0.6) is 0 Å². The fraction of sp³-hybridized carbons (Fsp3) is 0.500. The highest BCUT2D eigenvalue weighted by Gasteiger charge is 2.14. The van der Waals surface area contributed by atoms with E-state index < -0.39 is 10.0 Å². The first-order chi connectivity index (χ1) is 8.45. The van der Waals surface area contributed by atoms with Crippen LogP contribution in [0.3, 0.4) is 0 Å². The predicted octanol–water partition coefficient (Wildman–Crippen LogP) is 0.552. The first-order valence-electron chi connectivity index (χ1n) is 5.42. The van der Waals surface area contributed by atoms with Gasteiger partial charge in [0.1, 0.15) is 4.21 Å². The van der Waals surface area contributed by atoms with Gasteiger partial charge in [0.2, 0.25) is 10.0 Å². The molecule has 6 nitrogen and oxygen atoms in total. The molecule has 0 aliphatic carbocycles. The van der Waals surface area contributed by atoms with Crippen LogP contribution in [0.15, 0.2) is 15.7 Å². The van der Waals surface area contributed by atoms with E-state index in [0.29, 0.717) is 31.7 Å². The molecule has 0 unspecified atom stereocenters. The lowest BCUT2D eigenvalue weighted by atomic mass is 10.3. The molecule has 0 saturated carbocycles. The summed E-state index contributed by atoms with van der Waals surface area (Å²) in [5, 5.41) is 9.10. The molecule has 0 bridgehead atoms. The van der Waals surface area contributed by atoms with Crippen LogP contribution >= 0.6 is 11.3 Å². The number of thiophene rings is 1. The Bertz CT molecular complexity index is 496. The van der Waals surface area contributed by atoms with Gasteiger partial charge < -0.3 is 10.1 Å². The Balaban J connectivity index is 2.45. The maximum Gasteiger partial charge on any atom is 0.252 e. The number of nitrogens with one attached hydrogen (secondary N) is 1. The number of ether oxygens (including phenoxy) is 1. The maximum atomic E-state index is 11.6. The van der Waals surface area contributed by atoms with Crippen molar-refractivity contribution in [3.05, 3.63) is 17.0 Å². The topological polar surface area (TPSA) is 98.5 Å². The average Bonchev–Trinajstić information content (AvgIpc) is 2.77. The monoisotopic (exact) mass is 292 g/mol. The van der Waals surface area contributed by atoms with Gasteiger partial charge in [0.25, 0.3) is 5.91 Å². The molecule has 0 saturated heterocycles. The van der Waals surface area contributed by atoms with Crippen LogP contribution in [-0.4, -0.2) is 34.1 Å². The minimum Gasteiger partial charge on any atom is -0.382 e. The van der Waals surface area contributed by atoms with Crippen molar-refractivity contribution in [1.82, 2.24) is 5.32 Å². The third-order valence-electron chi connectivity index (χ3n) is 2.07. The van der Waals surface area contributed by atoms with Crippen molar-refractivity contribution in [2.24, 2.45) is 5.14 Å². The average molecular weight is 292 g/mol. The summed E-state index contributed by atoms with van der Waals surface area (Å²) in [5.74, 6) is -0.308. The molecule has 0 spiro atoms. The Morgan fingerprint density at radius 2 is 2.28 bits per heavy atom. The molecule has 18 heavy (non-hydrogen) atoms. The molecule has 0 fully saturated rings. The van der Waals surface area contributed by atoms with Crippen LogP contribution in [0.25, 0.3) is 0 Å². The van der Waals surface area contributed by atoms with Crippen LogP contribution in [-0.2, 0) is 14.8 Å². The zero-order valence-electron chi connectivity index (χ0n) is 10.0. The second kappa shape index (κ2) is 6.83. The van der Waals surface area contributed by atoms with Crippen LogP contribution in [0.1, 0.15) is 23.7 Å². The van der Waals surface area contributed by atoms with Gasteiger partial charge in [-0.2, -0.15) is 0 Å². The molecule has 0 aromatic carbocycles. The van der Waals surface area contributed by atoms with Gasteiger partial charge in [-0.3, -0.25) is 4.79 Å². The lowest BCUT2D eigenvalue weighted by molar-refractivity contribution is 0.0944. The SMILES string of the molecule is CCOCCCNC(=O)c1csc(S(N)(=O)=O)c1. The van der Waals surface area contributed by atoms with Crippen LogP contribution in [0, 0.1) is 0 Å². The van der Waals surface area contributed by atoms with E-state index in [-0.39, 0.29) is 10.1 Å². The van der Waals surface area contributed by atoms with Crippen molar-refractivity contribution >= 4 is 27.3 Å². The Morgan fingerprint density at radius 3 is 2.83 bits per heavy atom. The number of rotatable bonds is 7. The molecule has 0 aliphatic rings. The number of hydrogen-bond donors (Lipinski definition) is 2. The zero-order chi connectivity index (χ0) is 13.6. The Kier molecular flexibility index (Phi) is 5.73. The van der Waals surface area contributed by atoms with E-state index in [9.17, 15) is 13.2 Å². The highest BCUT2D eigenvalue weighted by molar-refractivity contribution is 7.91. The molecule has 0 aliphatic heterocycles. The molecule has 8 heteroatoms. The van der Waals surface area contributed by atoms with Gasteiger partial charge in [-0.15, -0.1) is 11.3 Å². The van der Waals surface area contributed by atoms with E-state index in [1.54, 1.807) is 0 Å². The van der Waals surface area contributed by atoms with Gasteiger partial charge >= 0.3 is 0 Å². The van der Waals surface area contributed by atoms with E-state index in [0.717, 1.165) is 11.3 Å². The summed E-state index contributed by atoms with van der Waals surface area (Å²) in [4.78, 5) is 11.6. The van der Waals surface area contributed by atoms with Crippen molar-refractivity contribution in [1.29, 1.82) is 0 Å². The number of carbonyl (C=O) groups is 1. The van der Waals surface area contributed by atoms with E-state index in [2.05, 4.69) is 5.32 Å². The molecule has 1 amide bonds. The Morgan fingerprint density at radius 1 is 1.56 bits per heavy atom. The normalized spacial score (nSPS) is 11.4. The van der Waals surface area contributed by atoms with Gasteiger partial charge in [-0.25, -0.2) is 13.6 Å². The van der Waals surface area contributed by atoms with Crippen LogP contribution < -0.4 is 10.5 Å². The van der Waals surface area contributed by atoms with Crippen molar-refractivity contribution in [2.75, 3.05) is 19.8 Å². The Hall–Kier alpha value is -0.960. The fourth-order valence-corrected chi connectivity index (χ4v) is 2.79. The van der Waals surface area contributed by atoms with Gasteiger partial charge in [0.05, 0.1) is 5.56 Å². The Labute approximate surface area is 110 Å². The fourth-order valence-electron chi connectivity index (χ4n) is 1.21. The smallest absolute Gasteiger partial charge is 0.252 e. The summed E-state index contributed by atoms with van der Waals surface area (Å²) in [5.41, 5.74) is 0.306. The summed E-state index contributed by atoms with van der Waals surface area (Å²) in [6, 6.07) is 1.28. The highest BCUT2D eigenvalue weighted by Crippen LogP contribution is 2.18. The van der Waals surface area contributed by atoms with E-state index >= 15 is 0 Å². The number of amides is 1. The largest absolute Gasteiger partial charge is 0.382 e. The first kappa shape index (κ1) is 15.1. The lowest BCUT2D eigenvalue weighted by Gasteiger charge is -2.03. The summed E-state index contributed by atoms with van der Waals surface area (Å²) in [7, 11) is -3.73. The standard InChI is InChI=1S/C10H16N2O4S2/c1-2-16-5-3-4-12-10(13)8-6-9(17-7-8)18(11,14)15/h6-7H,2-5H2,1H3,(H,12,13)(H2,11,14,15). The van der Waals surface area contributed by atoms with Crippen molar-refractivity contribution < 1.29 is 17.9 Å². The molecule has 0 atom stereocenters. The quantitative estimate of drug-likeness (QED) is 0.717. The predicted molar refractivity (Wildman–Crippen MR) is 69.1 cm³/mol. The third-order valence-corrected chi connectivity index (χ3v) is 4.46. The van der Waals surface area contributed by atoms with E-state index in [4.69, 9.17) is 9.88 Å². The summed E-state index contributed by atoms with van der Waals surface area (Å²) < 4.78 is 27.2. The number of nitrogens with two attached hydrogens (primary N) is 1. The maximum absolute atomic E-state index is 11.6. The summed E-state index contributed by atoms with van der Waals surface area (Å²) >= 11 is 0.934. The van der Waals surface area contributed by atoms with E-state index in [1.807, 2.05) is 6.92 Å². The molecule has 1 rings (SSSR count). The summed E-state index contributed by atoms with van der Waals surface area (Å²) in [6.45, 7) is 3.62. The van der Waals surface area contributed by atoms with Gasteiger partial charge in [-0.1, -0.05) is 0 Å². The third kappa shape index (κ3) is 4.73. The number of sulfonamides is 1. The van der Waals surface area contributed by atoms with Gasteiger partial charge in [-0.05, 0) is 19.4 Å². The molecule has 102 valence electrons.